The van der Waals surface area contributed by atoms with Crippen molar-refractivity contribution >= 4 is 52.2 Å². The Bertz CT molecular complexity index is 1010. The summed E-state index contributed by atoms with van der Waals surface area (Å²) >= 11 is 5.99. The number of rotatable bonds is 5. The topological polar surface area (TPSA) is 114 Å². The molecule has 0 spiro atoms. The molecule has 1 aliphatic rings. The molecule has 7 nitrogen and oxygen atoms in total. The van der Waals surface area contributed by atoms with Crippen LogP contribution < -0.4 is 10.2 Å². The molecular weight excluding hydrogens is 390 g/mol. The van der Waals surface area contributed by atoms with Crippen LogP contribution in [0.15, 0.2) is 39.7 Å². The molecule has 0 atom stereocenters. The van der Waals surface area contributed by atoms with Crippen molar-refractivity contribution in [3.63, 3.8) is 0 Å². The zero-order valence-electron chi connectivity index (χ0n) is 13.9. The lowest BCUT2D eigenvalue weighted by Crippen LogP contribution is -2.40. The molecule has 0 saturated carbocycles. The summed E-state index contributed by atoms with van der Waals surface area (Å²) < 4.78 is 5.85. The van der Waals surface area contributed by atoms with Crippen LogP contribution in [0.2, 0.25) is 0 Å². The van der Waals surface area contributed by atoms with E-state index in [1.54, 1.807) is 25.1 Å². The second kappa shape index (κ2) is 7.37. The summed E-state index contributed by atoms with van der Waals surface area (Å²) in [7, 11) is 0. The Kier molecular flexibility index (Phi) is 5.15. The molecule has 0 radical (unpaired) electrons. The number of carboxylic acids is 2. The normalized spacial score (nSPS) is 15.6. The molecule has 1 aromatic carbocycles. The summed E-state index contributed by atoms with van der Waals surface area (Å²) in [6.45, 7) is 1.14. The Morgan fingerprint density at radius 2 is 2.00 bits per heavy atom. The van der Waals surface area contributed by atoms with E-state index >= 15 is 0 Å². The predicted molar refractivity (Wildman–Crippen MR) is 98.1 cm³/mol. The zero-order chi connectivity index (χ0) is 19.7. The molecule has 0 aliphatic carbocycles. The lowest BCUT2D eigenvalue weighted by molar-refractivity contribution is -0.305. The fraction of sp³-hybridized carbons (Fsp3) is 0.111. The van der Waals surface area contributed by atoms with Gasteiger partial charge in [0, 0.05) is 11.6 Å². The van der Waals surface area contributed by atoms with Gasteiger partial charge in [-0.05, 0) is 36.2 Å². The van der Waals surface area contributed by atoms with Gasteiger partial charge in [-0.25, -0.2) is 0 Å². The van der Waals surface area contributed by atoms with Crippen LogP contribution in [-0.4, -0.2) is 33.6 Å². The van der Waals surface area contributed by atoms with Crippen LogP contribution >= 0.6 is 24.0 Å². The minimum Gasteiger partial charge on any atom is -0.548 e. The molecule has 1 saturated heterocycles. The highest BCUT2D eigenvalue weighted by Crippen LogP contribution is 2.34. The number of aromatic carboxylic acids is 1. The highest BCUT2D eigenvalue weighted by atomic mass is 32.2. The Morgan fingerprint density at radius 1 is 1.26 bits per heavy atom. The molecule has 1 aromatic heterocycles. The van der Waals surface area contributed by atoms with E-state index in [-0.39, 0.29) is 14.8 Å². The van der Waals surface area contributed by atoms with Crippen LogP contribution in [-0.2, 0) is 9.59 Å². The quantitative estimate of drug-likeness (QED) is 0.528. The third kappa shape index (κ3) is 3.93. The molecule has 2 heterocycles. The number of hydrogen-bond donors (Lipinski definition) is 0. The molecular formula is C18H11NO6S2-2. The molecule has 3 rings (SSSR count). The monoisotopic (exact) mass is 401 g/mol. The van der Waals surface area contributed by atoms with Gasteiger partial charge in [0.1, 0.15) is 15.8 Å². The molecule has 27 heavy (non-hydrogen) atoms. The highest BCUT2D eigenvalue weighted by Gasteiger charge is 2.32. The van der Waals surface area contributed by atoms with Crippen molar-refractivity contribution < 1.29 is 29.0 Å². The van der Waals surface area contributed by atoms with Gasteiger partial charge in [-0.3, -0.25) is 9.69 Å². The highest BCUT2D eigenvalue weighted by molar-refractivity contribution is 8.26. The Balaban J connectivity index is 1.86. The maximum atomic E-state index is 12.2. The molecule has 9 heteroatoms. The first-order chi connectivity index (χ1) is 12.8. The third-order valence-corrected chi connectivity index (χ3v) is 5.17. The van der Waals surface area contributed by atoms with Gasteiger partial charge in [-0.1, -0.05) is 36.1 Å². The second-order valence-corrected chi connectivity index (χ2v) is 7.33. The zero-order valence-corrected chi connectivity index (χ0v) is 15.5. The molecule has 0 bridgehead atoms. The largest absolute Gasteiger partial charge is 0.548 e. The van der Waals surface area contributed by atoms with Crippen LogP contribution in [0.1, 0.15) is 21.7 Å². The second-order valence-electron chi connectivity index (χ2n) is 5.66. The number of thiocarbonyl (C=S) groups is 1. The van der Waals surface area contributed by atoms with Crippen molar-refractivity contribution in [2.45, 2.75) is 6.92 Å². The molecule has 0 N–H and O–H groups in total. The lowest BCUT2D eigenvalue weighted by Gasteiger charge is -2.14. The van der Waals surface area contributed by atoms with Crippen LogP contribution in [0, 0.1) is 6.92 Å². The number of amides is 1. The Labute approximate surface area is 163 Å². The van der Waals surface area contributed by atoms with Crippen LogP contribution in [0.25, 0.3) is 17.4 Å². The van der Waals surface area contributed by atoms with Gasteiger partial charge >= 0.3 is 0 Å². The van der Waals surface area contributed by atoms with E-state index in [9.17, 15) is 24.6 Å². The number of aryl methyl sites for hydroxylation is 1. The summed E-state index contributed by atoms with van der Waals surface area (Å²) in [6, 6.07) is 7.85. The van der Waals surface area contributed by atoms with E-state index in [1.807, 2.05) is 0 Å². The van der Waals surface area contributed by atoms with Gasteiger partial charge in [-0.15, -0.1) is 0 Å². The van der Waals surface area contributed by atoms with E-state index < -0.39 is 24.4 Å². The number of thioether (sulfide) groups is 1. The maximum absolute atomic E-state index is 12.2. The summed E-state index contributed by atoms with van der Waals surface area (Å²) in [5.74, 6) is -2.32. The number of carboxylic acid groups (broad SMARTS) is 2. The van der Waals surface area contributed by atoms with Crippen molar-refractivity contribution in [3.05, 3.63) is 52.1 Å². The number of nitrogens with zero attached hydrogens (tertiary/aromatic N) is 1. The fourth-order valence-electron chi connectivity index (χ4n) is 2.54. The smallest absolute Gasteiger partial charge is 0.266 e. The van der Waals surface area contributed by atoms with Gasteiger partial charge in [0.05, 0.1) is 23.4 Å². The van der Waals surface area contributed by atoms with Crippen molar-refractivity contribution in [1.29, 1.82) is 0 Å². The summed E-state index contributed by atoms with van der Waals surface area (Å²) in [5.41, 5.74) is 1.46. The van der Waals surface area contributed by atoms with Crippen molar-refractivity contribution in [3.8, 4) is 11.3 Å². The number of carbonyl (C=O) groups excluding carboxylic acids is 3. The molecule has 2 aromatic rings. The molecule has 1 aliphatic heterocycles. The minimum atomic E-state index is -1.40. The van der Waals surface area contributed by atoms with E-state index in [2.05, 4.69) is 0 Å². The van der Waals surface area contributed by atoms with Crippen LogP contribution in [0.5, 0.6) is 0 Å². The van der Waals surface area contributed by atoms with Crippen molar-refractivity contribution in [2.24, 2.45) is 0 Å². The standard InChI is InChI=1S/C18H13NO6S2/c1-9-6-10(17(23)24)2-4-12(9)13-5-3-11(25-13)7-14-16(22)19(8-15(20)21)18(26)27-14/h2-7H,8H2,1H3,(H,20,21)(H,23,24)/p-2/b14-7+. The average Bonchev–Trinajstić information content (AvgIpc) is 3.15. The van der Waals surface area contributed by atoms with Crippen LogP contribution in [0.4, 0.5) is 0 Å². The Morgan fingerprint density at radius 3 is 2.63 bits per heavy atom. The summed E-state index contributed by atoms with van der Waals surface area (Å²) in [4.78, 5) is 35.1. The van der Waals surface area contributed by atoms with Gasteiger partial charge < -0.3 is 24.2 Å². The van der Waals surface area contributed by atoms with Crippen LogP contribution in [0.3, 0.4) is 0 Å². The van der Waals surface area contributed by atoms with Crippen molar-refractivity contribution in [2.75, 3.05) is 6.54 Å². The average molecular weight is 401 g/mol. The molecule has 1 amide bonds. The van der Waals surface area contributed by atoms with Gasteiger partial charge in [-0.2, -0.15) is 0 Å². The van der Waals surface area contributed by atoms with Crippen molar-refractivity contribution in [1.82, 2.24) is 4.90 Å². The molecule has 0 unspecified atom stereocenters. The maximum Gasteiger partial charge on any atom is 0.266 e. The van der Waals surface area contributed by atoms with E-state index in [1.165, 1.54) is 18.2 Å². The number of aliphatic carboxylic acids is 1. The Hall–Kier alpha value is -2.91. The van der Waals surface area contributed by atoms with Gasteiger partial charge in [0.25, 0.3) is 5.91 Å². The third-order valence-electron chi connectivity index (χ3n) is 3.79. The van der Waals surface area contributed by atoms with E-state index in [0.29, 0.717) is 22.6 Å². The van der Waals surface area contributed by atoms with Gasteiger partial charge in [0.15, 0.2) is 0 Å². The molecule has 138 valence electrons. The first-order valence-electron chi connectivity index (χ1n) is 7.63. The first kappa shape index (κ1) is 18.9. The van der Waals surface area contributed by atoms with E-state index in [0.717, 1.165) is 16.7 Å². The minimum absolute atomic E-state index is 0.0691. The summed E-state index contributed by atoms with van der Waals surface area (Å²) in [6.07, 6.45) is 1.48. The number of hydrogen-bond acceptors (Lipinski definition) is 8. The number of carbonyl (C=O) groups is 3. The lowest BCUT2D eigenvalue weighted by atomic mass is 10.0. The predicted octanol–water partition coefficient (Wildman–Crippen LogP) is 0.570. The number of furan rings is 1. The summed E-state index contributed by atoms with van der Waals surface area (Å²) in [5, 5.41) is 21.6. The number of benzene rings is 1. The first-order valence-corrected chi connectivity index (χ1v) is 8.86. The fourth-order valence-corrected chi connectivity index (χ4v) is 3.77. The van der Waals surface area contributed by atoms with E-state index in [4.69, 9.17) is 16.6 Å². The van der Waals surface area contributed by atoms with Gasteiger partial charge in [0.2, 0.25) is 0 Å². The SMILES string of the molecule is Cc1cc(C(=O)[O-])ccc1-c1ccc(/C=C2/SC(=S)N(CC(=O)[O-])C2=O)o1. The molecule has 1 fully saturated rings.